The molecule has 16 heavy (non-hydrogen) atoms. The minimum Gasteiger partial charge on any atom is -0.392 e. The molecule has 1 aromatic carbocycles. The van der Waals surface area contributed by atoms with Crippen LogP contribution in [0.1, 0.15) is 25.3 Å². The zero-order valence-corrected chi connectivity index (χ0v) is 10.5. The minimum absolute atomic E-state index is 0.0637. The summed E-state index contributed by atoms with van der Waals surface area (Å²) >= 11 is 6.01. The first kappa shape index (κ1) is 11.7. The average molecular weight is 240 g/mol. The highest BCUT2D eigenvalue weighted by molar-refractivity contribution is 6.30. The molecule has 0 amide bonds. The van der Waals surface area contributed by atoms with Crippen molar-refractivity contribution >= 4 is 17.3 Å². The van der Waals surface area contributed by atoms with E-state index in [0.29, 0.717) is 6.04 Å². The second-order valence-electron chi connectivity index (χ2n) is 4.62. The molecule has 1 fully saturated rings. The van der Waals surface area contributed by atoms with Crippen molar-refractivity contribution in [3.63, 3.8) is 0 Å². The Morgan fingerprint density at radius 2 is 2.19 bits per heavy atom. The molecule has 0 radical (unpaired) electrons. The quantitative estimate of drug-likeness (QED) is 0.873. The summed E-state index contributed by atoms with van der Waals surface area (Å²) in [5, 5.41) is 10.0. The van der Waals surface area contributed by atoms with Crippen molar-refractivity contribution in [2.75, 3.05) is 11.9 Å². The van der Waals surface area contributed by atoms with Crippen LogP contribution in [0.4, 0.5) is 5.69 Å². The summed E-state index contributed by atoms with van der Waals surface area (Å²) < 4.78 is 0. The van der Waals surface area contributed by atoms with Gasteiger partial charge in [-0.15, -0.1) is 0 Å². The summed E-state index contributed by atoms with van der Waals surface area (Å²) in [5.41, 5.74) is 1.99. The van der Waals surface area contributed by atoms with Gasteiger partial charge in [-0.2, -0.15) is 0 Å². The monoisotopic (exact) mass is 239 g/mol. The molecule has 1 aromatic rings. The maximum absolute atomic E-state index is 9.32. The first-order chi connectivity index (χ1) is 7.63. The van der Waals surface area contributed by atoms with Crippen molar-refractivity contribution in [1.29, 1.82) is 0 Å². The van der Waals surface area contributed by atoms with Gasteiger partial charge in [-0.1, -0.05) is 17.7 Å². The van der Waals surface area contributed by atoms with E-state index < -0.39 is 0 Å². The molecule has 2 nitrogen and oxygen atoms in total. The zero-order chi connectivity index (χ0) is 11.7. The molecule has 0 aliphatic heterocycles. The SMILES string of the molecule is CC(C1CC1)N(C)c1cc(Cl)ccc1CO. The van der Waals surface area contributed by atoms with Gasteiger partial charge < -0.3 is 10.0 Å². The van der Waals surface area contributed by atoms with Gasteiger partial charge in [0.05, 0.1) is 6.61 Å². The van der Waals surface area contributed by atoms with Gasteiger partial charge in [0, 0.05) is 29.4 Å². The number of hydrogen-bond donors (Lipinski definition) is 1. The minimum atomic E-state index is 0.0637. The van der Waals surface area contributed by atoms with Gasteiger partial charge >= 0.3 is 0 Å². The number of halogens is 1. The van der Waals surface area contributed by atoms with Crippen molar-refractivity contribution in [2.24, 2.45) is 5.92 Å². The van der Waals surface area contributed by atoms with Crippen molar-refractivity contribution in [3.05, 3.63) is 28.8 Å². The van der Waals surface area contributed by atoms with E-state index in [4.69, 9.17) is 11.6 Å². The van der Waals surface area contributed by atoms with Crippen molar-refractivity contribution in [2.45, 2.75) is 32.4 Å². The van der Waals surface area contributed by atoms with E-state index in [0.717, 1.165) is 22.2 Å². The van der Waals surface area contributed by atoms with Gasteiger partial charge in [-0.05, 0) is 37.8 Å². The fourth-order valence-corrected chi connectivity index (χ4v) is 2.28. The van der Waals surface area contributed by atoms with Crippen molar-refractivity contribution in [3.8, 4) is 0 Å². The number of benzene rings is 1. The standard InChI is InChI=1S/C13H18ClNO/c1-9(10-3-4-10)15(2)13-7-12(14)6-5-11(13)8-16/h5-7,9-10,16H,3-4,8H2,1-2H3. The lowest BCUT2D eigenvalue weighted by Crippen LogP contribution is -2.31. The van der Waals surface area contributed by atoms with Gasteiger partial charge in [0.2, 0.25) is 0 Å². The van der Waals surface area contributed by atoms with Gasteiger partial charge in [-0.25, -0.2) is 0 Å². The Hall–Kier alpha value is -0.730. The molecule has 0 bridgehead atoms. The van der Waals surface area contributed by atoms with E-state index in [1.54, 1.807) is 0 Å². The van der Waals surface area contributed by atoms with E-state index in [1.165, 1.54) is 12.8 Å². The smallest absolute Gasteiger partial charge is 0.0702 e. The number of nitrogens with zero attached hydrogens (tertiary/aromatic N) is 1. The topological polar surface area (TPSA) is 23.5 Å². The lowest BCUT2D eigenvalue weighted by Gasteiger charge is -2.29. The van der Waals surface area contributed by atoms with Crippen molar-refractivity contribution in [1.82, 2.24) is 0 Å². The third-order valence-corrected chi connectivity index (χ3v) is 3.75. The van der Waals surface area contributed by atoms with Crippen molar-refractivity contribution < 1.29 is 5.11 Å². The Labute approximate surface area is 102 Å². The molecule has 1 N–H and O–H groups in total. The Morgan fingerprint density at radius 3 is 2.75 bits per heavy atom. The molecule has 88 valence electrons. The molecule has 1 saturated carbocycles. The molecular formula is C13H18ClNO. The molecule has 2 rings (SSSR count). The molecule has 3 heteroatoms. The summed E-state index contributed by atoms with van der Waals surface area (Å²) in [6.07, 6.45) is 2.64. The van der Waals surface area contributed by atoms with Gasteiger partial charge in [-0.3, -0.25) is 0 Å². The van der Waals surface area contributed by atoms with Crippen LogP contribution in [-0.2, 0) is 6.61 Å². The molecule has 0 saturated heterocycles. The molecule has 1 unspecified atom stereocenters. The van der Waals surface area contributed by atoms with Crippen LogP contribution in [0.15, 0.2) is 18.2 Å². The maximum Gasteiger partial charge on any atom is 0.0702 e. The number of anilines is 1. The van der Waals surface area contributed by atoms with Crippen LogP contribution in [0.25, 0.3) is 0 Å². The fraction of sp³-hybridized carbons (Fsp3) is 0.538. The predicted molar refractivity (Wildman–Crippen MR) is 68.0 cm³/mol. The number of aliphatic hydroxyl groups excluding tert-OH is 1. The van der Waals surface area contributed by atoms with Gasteiger partial charge in [0.25, 0.3) is 0 Å². The predicted octanol–water partition coefficient (Wildman–Crippen LogP) is 3.07. The Morgan fingerprint density at radius 1 is 1.50 bits per heavy atom. The van der Waals surface area contributed by atoms with E-state index in [9.17, 15) is 5.11 Å². The highest BCUT2D eigenvalue weighted by Crippen LogP contribution is 2.37. The van der Waals surface area contributed by atoms with Crippen LogP contribution in [-0.4, -0.2) is 18.2 Å². The maximum atomic E-state index is 9.32. The third kappa shape index (κ3) is 2.33. The first-order valence-electron chi connectivity index (χ1n) is 5.75. The molecule has 0 spiro atoms. The normalized spacial score (nSPS) is 17.2. The Bertz CT molecular complexity index is 376. The molecule has 1 atom stereocenters. The lowest BCUT2D eigenvalue weighted by atomic mass is 10.1. The van der Waals surface area contributed by atoms with Gasteiger partial charge in [0.15, 0.2) is 0 Å². The summed E-state index contributed by atoms with van der Waals surface area (Å²) in [7, 11) is 2.08. The lowest BCUT2D eigenvalue weighted by molar-refractivity contribution is 0.282. The molecule has 1 aliphatic rings. The van der Waals surface area contributed by atoms with E-state index >= 15 is 0 Å². The first-order valence-corrected chi connectivity index (χ1v) is 6.13. The van der Waals surface area contributed by atoms with Crippen LogP contribution in [0.5, 0.6) is 0 Å². The number of aliphatic hydroxyl groups is 1. The summed E-state index contributed by atoms with van der Waals surface area (Å²) in [4.78, 5) is 2.23. The highest BCUT2D eigenvalue weighted by atomic mass is 35.5. The Balaban J connectivity index is 2.26. The summed E-state index contributed by atoms with van der Waals surface area (Å²) in [6, 6.07) is 6.18. The largest absolute Gasteiger partial charge is 0.392 e. The summed E-state index contributed by atoms with van der Waals surface area (Å²) in [6.45, 7) is 2.30. The molecule has 0 aromatic heterocycles. The van der Waals surface area contributed by atoms with Gasteiger partial charge in [0.1, 0.15) is 0 Å². The Kier molecular flexibility index (Phi) is 3.41. The average Bonchev–Trinajstić information content (AvgIpc) is 3.11. The van der Waals surface area contributed by atoms with E-state index in [-0.39, 0.29) is 6.61 Å². The second-order valence-corrected chi connectivity index (χ2v) is 5.06. The fourth-order valence-electron chi connectivity index (χ4n) is 2.11. The zero-order valence-electron chi connectivity index (χ0n) is 9.78. The molecule has 0 heterocycles. The highest BCUT2D eigenvalue weighted by Gasteiger charge is 2.31. The molecular weight excluding hydrogens is 222 g/mol. The van der Waals surface area contributed by atoms with Crippen LogP contribution >= 0.6 is 11.6 Å². The molecule has 1 aliphatic carbocycles. The van der Waals surface area contributed by atoms with Crippen LogP contribution < -0.4 is 4.90 Å². The van der Waals surface area contributed by atoms with Crippen LogP contribution in [0.2, 0.25) is 5.02 Å². The number of hydrogen-bond acceptors (Lipinski definition) is 2. The van der Waals surface area contributed by atoms with E-state index in [1.807, 2.05) is 18.2 Å². The second kappa shape index (κ2) is 4.64. The van der Waals surface area contributed by atoms with Crippen LogP contribution in [0, 0.1) is 5.92 Å². The van der Waals surface area contributed by atoms with Crippen LogP contribution in [0.3, 0.4) is 0 Å². The third-order valence-electron chi connectivity index (χ3n) is 3.51. The number of rotatable bonds is 4. The summed E-state index contributed by atoms with van der Waals surface area (Å²) in [5.74, 6) is 0.801. The van der Waals surface area contributed by atoms with E-state index in [2.05, 4.69) is 18.9 Å².